The second-order valence-electron chi connectivity index (χ2n) is 6.01. The first-order chi connectivity index (χ1) is 8.37. The lowest BCUT2D eigenvalue weighted by Gasteiger charge is -2.25. The predicted molar refractivity (Wildman–Crippen MR) is 71.8 cm³/mol. The fraction of sp³-hybridized carbons (Fsp3) is 0.533. The van der Waals surface area contributed by atoms with Crippen LogP contribution in [0.5, 0.6) is 5.75 Å². The van der Waals surface area contributed by atoms with Gasteiger partial charge in [-0.25, -0.2) is 0 Å². The molecule has 0 radical (unpaired) electrons. The minimum atomic E-state index is -0.306. The Balaban J connectivity index is 2.18. The molecule has 3 heteroatoms. The van der Waals surface area contributed by atoms with Crippen molar-refractivity contribution < 1.29 is 9.53 Å². The Morgan fingerprint density at radius 1 is 1.22 bits per heavy atom. The number of hydrogen-bond donors (Lipinski definition) is 1. The number of rotatable bonds is 3. The molecule has 1 fully saturated rings. The smallest absolute Gasteiger partial charge is 0.231 e. The average Bonchev–Trinajstić information content (AvgIpc) is 3.08. The summed E-state index contributed by atoms with van der Waals surface area (Å²) in [5.74, 6) is 0.964. The Bertz CT molecular complexity index is 439. The Kier molecular flexibility index (Phi) is 3.09. The summed E-state index contributed by atoms with van der Waals surface area (Å²) < 4.78 is 5.14. The van der Waals surface area contributed by atoms with Gasteiger partial charge in [0.05, 0.1) is 12.5 Å². The number of ether oxygens (including phenoxy) is 1. The third-order valence-corrected chi connectivity index (χ3v) is 3.32. The van der Waals surface area contributed by atoms with Crippen LogP contribution in [0.3, 0.4) is 0 Å². The standard InChI is InChI=1S/C15H21NO2/c1-14(2,3)16-13(17)15(9-10-15)11-5-7-12(18-4)8-6-11/h5-8H,9-10H2,1-4H3,(H,16,17). The molecule has 0 spiro atoms. The van der Waals surface area contributed by atoms with Crippen molar-refractivity contribution in [1.82, 2.24) is 5.32 Å². The van der Waals surface area contributed by atoms with E-state index in [0.29, 0.717) is 0 Å². The normalized spacial score (nSPS) is 17.1. The first-order valence-electron chi connectivity index (χ1n) is 6.34. The summed E-state index contributed by atoms with van der Waals surface area (Å²) in [5, 5.41) is 3.08. The Morgan fingerprint density at radius 2 is 1.78 bits per heavy atom. The highest BCUT2D eigenvalue weighted by Crippen LogP contribution is 2.48. The second-order valence-corrected chi connectivity index (χ2v) is 6.01. The molecular formula is C15H21NO2. The molecular weight excluding hydrogens is 226 g/mol. The first kappa shape index (κ1) is 12.9. The van der Waals surface area contributed by atoms with E-state index in [0.717, 1.165) is 24.2 Å². The molecule has 1 N–H and O–H groups in total. The van der Waals surface area contributed by atoms with Crippen molar-refractivity contribution in [3.63, 3.8) is 0 Å². The summed E-state index contributed by atoms with van der Waals surface area (Å²) >= 11 is 0. The van der Waals surface area contributed by atoms with Crippen molar-refractivity contribution in [3.05, 3.63) is 29.8 Å². The number of carbonyl (C=O) groups excluding carboxylic acids is 1. The van der Waals surface area contributed by atoms with Crippen molar-refractivity contribution in [2.24, 2.45) is 0 Å². The maximum absolute atomic E-state index is 12.4. The van der Waals surface area contributed by atoms with Gasteiger partial charge in [0, 0.05) is 5.54 Å². The van der Waals surface area contributed by atoms with Crippen LogP contribution in [0.15, 0.2) is 24.3 Å². The van der Waals surface area contributed by atoms with Crippen molar-refractivity contribution in [3.8, 4) is 5.75 Å². The highest BCUT2D eigenvalue weighted by Gasteiger charge is 2.51. The third-order valence-electron chi connectivity index (χ3n) is 3.32. The van der Waals surface area contributed by atoms with E-state index in [1.54, 1.807) is 7.11 Å². The van der Waals surface area contributed by atoms with E-state index in [2.05, 4.69) is 5.32 Å². The van der Waals surface area contributed by atoms with Gasteiger partial charge in [0.25, 0.3) is 0 Å². The van der Waals surface area contributed by atoms with Crippen molar-refractivity contribution in [2.75, 3.05) is 7.11 Å². The second kappa shape index (κ2) is 4.30. The van der Waals surface area contributed by atoms with Crippen LogP contribution in [0.25, 0.3) is 0 Å². The topological polar surface area (TPSA) is 38.3 Å². The van der Waals surface area contributed by atoms with Crippen molar-refractivity contribution in [2.45, 2.75) is 44.6 Å². The SMILES string of the molecule is COc1ccc(C2(C(=O)NC(C)(C)C)CC2)cc1. The monoisotopic (exact) mass is 247 g/mol. The van der Waals surface area contributed by atoms with Gasteiger partial charge < -0.3 is 10.1 Å². The van der Waals surface area contributed by atoms with Crippen molar-refractivity contribution in [1.29, 1.82) is 0 Å². The van der Waals surface area contributed by atoms with Crippen molar-refractivity contribution >= 4 is 5.91 Å². The van der Waals surface area contributed by atoms with Gasteiger partial charge in [-0.15, -0.1) is 0 Å². The maximum Gasteiger partial charge on any atom is 0.231 e. The number of carbonyl (C=O) groups is 1. The molecule has 18 heavy (non-hydrogen) atoms. The lowest BCUT2D eigenvalue weighted by atomic mass is 9.93. The van der Waals surface area contributed by atoms with Gasteiger partial charge in [-0.2, -0.15) is 0 Å². The molecule has 3 nitrogen and oxygen atoms in total. The van der Waals surface area contributed by atoms with Crippen LogP contribution in [-0.2, 0) is 10.2 Å². The first-order valence-corrected chi connectivity index (χ1v) is 6.34. The predicted octanol–water partition coefficient (Wildman–Crippen LogP) is 2.64. The molecule has 0 unspecified atom stereocenters. The molecule has 1 amide bonds. The molecule has 1 aliphatic carbocycles. The summed E-state index contributed by atoms with van der Waals surface area (Å²) in [7, 11) is 1.65. The average molecular weight is 247 g/mol. The van der Waals surface area contributed by atoms with E-state index in [1.807, 2.05) is 45.0 Å². The molecule has 1 aromatic rings. The van der Waals surface area contributed by atoms with E-state index < -0.39 is 0 Å². The van der Waals surface area contributed by atoms with E-state index in [1.165, 1.54) is 0 Å². The summed E-state index contributed by atoms with van der Waals surface area (Å²) in [6, 6.07) is 7.82. The van der Waals surface area contributed by atoms with Gasteiger partial charge in [-0.05, 0) is 51.3 Å². The molecule has 0 heterocycles. The molecule has 1 aromatic carbocycles. The zero-order valence-corrected chi connectivity index (χ0v) is 11.5. The fourth-order valence-corrected chi connectivity index (χ4v) is 2.14. The number of nitrogens with one attached hydrogen (secondary N) is 1. The van der Waals surface area contributed by atoms with Crippen LogP contribution < -0.4 is 10.1 Å². The third kappa shape index (κ3) is 2.50. The van der Waals surface area contributed by atoms with Crippen LogP contribution in [0.4, 0.5) is 0 Å². The molecule has 0 aliphatic heterocycles. The highest BCUT2D eigenvalue weighted by atomic mass is 16.5. The molecule has 0 aromatic heterocycles. The van der Waals surface area contributed by atoms with Crippen LogP contribution in [0.2, 0.25) is 0 Å². The molecule has 98 valence electrons. The van der Waals surface area contributed by atoms with E-state index >= 15 is 0 Å². The Hall–Kier alpha value is -1.51. The highest BCUT2D eigenvalue weighted by molar-refractivity contribution is 5.91. The van der Waals surface area contributed by atoms with E-state index in [9.17, 15) is 4.79 Å². The summed E-state index contributed by atoms with van der Waals surface area (Å²) in [6.07, 6.45) is 1.86. The summed E-state index contributed by atoms with van der Waals surface area (Å²) in [6.45, 7) is 6.03. The van der Waals surface area contributed by atoms with Crippen LogP contribution in [0.1, 0.15) is 39.2 Å². The molecule has 1 saturated carbocycles. The Morgan fingerprint density at radius 3 is 2.17 bits per heavy atom. The molecule has 0 saturated heterocycles. The van der Waals surface area contributed by atoms with Gasteiger partial charge in [-0.1, -0.05) is 12.1 Å². The number of hydrogen-bond acceptors (Lipinski definition) is 2. The number of methoxy groups -OCH3 is 1. The Labute approximate surface area is 109 Å². The minimum Gasteiger partial charge on any atom is -0.497 e. The van der Waals surface area contributed by atoms with Crippen LogP contribution in [-0.4, -0.2) is 18.6 Å². The fourth-order valence-electron chi connectivity index (χ4n) is 2.14. The lowest BCUT2D eigenvalue weighted by Crippen LogP contribution is -2.46. The van der Waals surface area contributed by atoms with Crippen LogP contribution >= 0.6 is 0 Å². The summed E-state index contributed by atoms with van der Waals surface area (Å²) in [4.78, 5) is 12.4. The molecule has 0 bridgehead atoms. The van der Waals surface area contributed by atoms with E-state index in [-0.39, 0.29) is 16.9 Å². The molecule has 2 rings (SSSR count). The lowest BCUT2D eigenvalue weighted by molar-refractivity contribution is -0.125. The quantitative estimate of drug-likeness (QED) is 0.891. The largest absolute Gasteiger partial charge is 0.497 e. The van der Waals surface area contributed by atoms with Gasteiger partial charge >= 0.3 is 0 Å². The molecule has 1 aliphatic rings. The van der Waals surface area contributed by atoms with E-state index in [4.69, 9.17) is 4.74 Å². The van der Waals surface area contributed by atoms with Gasteiger partial charge in [0.1, 0.15) is 5.75 Å². The summed E-state index contributed by atoms with van der Waals surface area (Å²) in [5.41, 5.74) is 0.601. The molecule has 0 atom stereocenters. The van der Waals surface area contributed by atoms with Gasteiger partial charge in [-0.3, -0.25) is 4.79 Å². The maximum atomic E-state index is 12.4. The zero-order valence-electron chi connectivity index (χ0n) is 11.5. The number of benzene rings is 1. The zero-order chi connectivity index (χ0) is 13.4. The van der Waals surface area contributed by atoms with Gasteiger partial charge in [0.15, 0.2) is 0 Å². The minimum absolute atomic E-state index is 0.139. The van der Waals surface area contributed by atoms with Gasteiger partial charge in [0.2, 0.25) is 5.91 Å². The number of amides is 1. The van der Waals surface area contributed by atoms with Crippen LogP contribution in [0, 0.1) is 0 Å².